The molecule has 4 rings (SSSR count). The van der Waals surface area contributed by atoms with Crippen LogP contribution in [0.4, 0.5) is 0 Å². The molecule has 2 aromatic carbocycles. The lowest BCUT2D eigenvalue weighted by atomic mass is 10.0. The molecule has 8 heteroatoms. The van der Waals surface area contributed by atoms with Gasteiger partial charge in [-0.3, -0.25) is 4.79 Å². The first-order chi connectivity index (χ1) is 17.4. The number of benzene rings is 2. The summed E-state index contributed by atoms with van der Waals surface area (Å²) in [6, 6.07) is 12.1. The van der Waals surface area contributed by atoms with Crippen molar-refractivity contribution in [2.75, 3.05) is 33.9 Å². The van der Waals surface area contributed by atoms with E-state index in [0.29, 0.717) is 41.8 Å². The van der Waals surface area contributed by atoms with Gasteiger partial charge in [0.05, 0.1) is 26.9 Å². The van der Waals surface area contributed by atoms with Crippen LogP contribution in [-0.2, 0) is 17.7 Å². The van der Waals surface area contributed by atoms with E-state index in [1.165, 1.54) is 0 Å². The van der Waals surface area contributed by atoms with Crippen molar-refractivity contribution < 1.29 is 14.2 Å². The number of thiocarbonyl (C=S) groups is 1. The summed E-state index contributed by atoms with van der Waals surface area (Å²) >= 11 is 5.80. The van der Waals surface area contributed by atoms with Crippen molar-refractivity contribution in [3.63, 3.8) is 0 Å². The Morgan fingerprint density at radius 2 is 1.97 bits per heavy atom. The summed E-state index contributed by atoms with van der Waals surface area (Å²) in [5.41, 5.74) is 4.86. The number of aromatic nitrogens is 1. The molecule has 3 aromatic rings. The first-order valence-electron chi connectivity index (χ1n) is 12.4. The Balaban J connectivity index is 1.48. The third-order valence-corrected chi connectivity index (χ3v) is 7.03. The van der Waals surface area contributed by atoms with Gasteiger partial charge in [-0.2, -0.15) is 0 Å². The van der Waals surface area contributed by atoms with Crippen LogP contribution in [0.2, 0.25) is 0 Å². The van der Waals surface area contributed by atoms with E-state index in [-0.39, 0.29) is 11.7 Å². The van der Waals surface area contributed by atoms with Gasteiger partial charge in [-0.05, 0) is 86.3 Å². The zero-order chi connectivity index (χ0) is 25.7. The molecule has 2 heterocycles. The third-order valence-electron chi connectivity index (χ3n) is 6.62. The minimum atomic E-state index is -0.0852. The number of nitrogens with zero attached hydrogens (tertiary/aromatic N) is 1. The Hall–Kier alpha value is -3.10. The van der Waals surface area contributed by atoms with Gasteiger partial charge in [0, 0.05) is 36.2 Å². The summed E-state index contributed by atoms with van der Waals surface area (Å²) in [5, 5.41) is 5.06. The minimum Gasteiger partial charge on any atom is -0.493 e. The highest BCUT2D eigenvalue weighted by atomic mass is 32.1. The Labute approximate surface area is 217 Å². The standard InChI is InChI=1S/C28H35N3O4S/c1-18-12-19(2)23-15-21(27(32)30-24(23)13-18)16-31(17-22-6-5-11-35-22)28(36)29-10-9-20-7-8-25(33-3)26(14-20)34-4/h7-8,12-15,22H,5-6,9-11,16-17H2,1-4H3,(H,29,36)(H,30,32)/t22-/m1/s1. The average molecular weight is 510 g/mol. The third kappa shape index (κ3) is 6.17. The van der Waals surface area contributed by atoms with E-state index in [9.17, 15) is 4.79 Å². The molecule has 1 aliphatic rings. The van der Waals surface area contributed by atoms with Crippen molar-refractivity contribution in [1.29, 1.82) is 0 Å². The number of ether oxygens (including phenoxy) is 3. The number of methoxy groups -OCH3 is 2. The molecular weight excluding hydrogens is 474 g/mol. The molecule has 0 radical (unpaired) electrons. The maximum absolute atomic E-state index is 13.0. The number of rotatable bonds is 9. The molecule has 0 saturated carbocycles. The van der Waals surface area contributed by atoms with Crippen molar-refractivity contribution in [2.24, 2.45) is 0 Å². The molecule has 0 unspecified atom stereocenters. The predicted molar refractivity (Wildman–Crippen MR) is 147 cm³/mol. The summed E-state index contributed by atoms with van der Waals surface area (Å²) in [7, 11) is 3.26. The van der Waals surface area contributed by atoms with Crippen molar-refractivity contribution >= 4 is 28.2 Å². The van der Waals surface area contributed by atoms with Crippen molar-refractivity contribution in [1.82, 2.24) is 15.2 Å². The SMILES string of the molecule is COc1ccc(CCNC(=S)N(Cc2cc3c(C)cc(C)cc3[nH]c2=O)C[C@H]2CCCO2)cc1OC. The van der Waals surface area contributed by atoms with Crippen LogP contribution in [0.5, 0.6) is 11.5 Å². The van der Waals surface area contributed by atoms with Crippen molar-refractivity contribution in [2.45, 2.75) is 45.8 Å². The number of nitrogens with one attached hydrogen (secondary N) is 2. The van der Waals surface area contributed by atoms with E-state index in [2.05, 4.69) is 28.2 Å². The number of fused-ring (bicyclic) bond motifs is 1. The monoisotopic (exact) mass is 509 g/mol. The maximum atomic E-state index is 13.0. The first kappa shape index (κ1) is 26.0. The van der Waals surface area contributed by atoms with Gasteiger partial charge in [0.1, 0.15) is 0 Å². The minimum absolute atomic E-state index is 0.0852. The Morgan fingerprint density at radius 3 is 2.69 bits per heavy atom. The van der Waals surface area contributed by atoms with E-state index in [1.807, 2.05) is 37.3 Å². The summed E-state index contributed by atoms with van der Waals surface area (Å²) < 4.78 is 16.6. The number of hydrogen-bond acceptors (Lipinski definition) is 5. The first-order valence-corrected chi connectivity index (χ1v) is 12.8. The Kier molecular flexibility index (Phi) is 8.48. The van der Waals surface area contributed by atoms with Crippen LogP contribution < -0.4 is 20.3 Å². The maximum Gasteiger partial charge on any atom is 0.253 e. The lowest BCUT2D eigenvalue weighted by Crippen LogP contribution is -2.44. The zero-order valence-electron chi connectivity index (χ0n) is 21.5. The molecule has 36 heavy (non-hydrogen) atoms. The van der Waals surface area contributed by atoms with Crippen LogP contribution in [0, 0.1) is 13.8 Å². The second-order valence-corrected chi connectivity index (χ2v) is 9.74. The second kappa shape index (κ2) is 11.8. The van der Waals surface area contributed by atoms with E-state index in [0.717, 1.165) is 53.5 Å². The lowest BCUT2D eigenvalue weighted by molar-refractivity contribution is 0.0897. The number of aromatic amines is 1. The van der Waals surface area contributed by atoms with Crippen molar-refractivity contribution in [3.8, 4) is 11.5 Å². The molecule has 0 bridgehead atoms. The van der Waals surface area contributed by atoms with Gasteiger partial charge in [0.15, 0.2) is 16.6 Å². The van der Waals surface area contributed by atoms with Gasteiger partial charge >= 0.3 is 0 Å². The van der Waals surface area contributed by atoms with Gasteiger partial charge in [-0.25, -0.2) is 0 Å². The number of hydrogen-bond donors (Lipinski definition) is 2. The zero-order valence-corrected chi connectivity index (χ0v) is 22.3. The van der Waals surface area contributed by atoms with Crippen LogP contribution in [0.15, 0.2) is 41.2 Å². The molecule has 0 spiro atoms. The lowest BCUT2D eigenvalue weighted by Gasteiger charge is -2.28. The Morgan fingerprint density at radius 1 is 1.17 bits per heavy atom. The number of H-pyrrole nitrogens is 1. The van der Waals surface area contributed by atoms with Crippen LogP contribution in [0.3, 0.4) is 0 Å². The molecule has 0 amide bonds. The fourth-order valence-electron chi connectivity index (χ4n) is 4.75. The van der Waals surface area contributed by atoms with Gasteiger partial charge in [0.25, 0.3) is 5.56 Å². The highest BCUT2D eigenvalue weighted by molar-refractivity contribution is 7.80. The molecule has 7 nitrogen and oxygen atoms in total. The fourth-order valence-corrected chi connectivity index (χ4v) is 5.00. The summed E-state index contributed by atoms with van der Waals surface area (Å²) in [6.07, 6.45) is 2.92. The molecule has 1 aliphatic heterocycles. The molecule has 2 N–H and O–H groups in total. The van der Waals surface area contributed by atoms with Gasteiger partial charge in [-0.15, -0.1) is 0 Å². The topological polar surface area (TPSA) is 75.8 Å². The number of aryl methyl sites for hydroxylation is 2. The Bertz CT molecular complexity index is 1280. The molecule has 192 valence electrons. The molecule has 1 saturated heterocycles. The van der Waals surface area contributed by atoms with Gasteiger partial charge < -0.3 is 29.4 Å². The summed E-state index contributed by atoms with van der Waals surface area (Å²) in [6.45, 7) is 6.60. The van der Waals surface area contributed by atoms with Gasteiger partial charge in [0.2, 0.25) is 0 Å². The molecule has 1 atom stereocenters. The smallest absolute Gasteiger partial charge is 0.253 e. The normalized spacial score (nSPS) is 15.2. The summed E-state index contributed by atoms with van der Waals surface area (Å²) in [5.74, 6) is 1.41. The van der Waals surface area contributed by atoms with Gasteiger partial charge in [-0.1, -0.05) is 12.1 Å². The van der Waals surface area contributed by atoms with Crippen LogP contribution in [-0.4, -0.2) is 55.0 Å². The summed E-state index contributed by atoms with van der Waals surface area (Å²) in [4.78, 5) is 18.1. The van der Waals surface area contributed by atoms with Crippen molar-refractivity contribution in [3.05, 3.63) is 69.0 Å². The quantitative estimate of drug-likeness (QED) is 0.418. The van der Waals surface area contributed by atoms with Crippen LogP contribution >= 0.6 is 12.2 Å². The predicted octanol–water partition coefficient (Wildman–Crippen LogP) is 4.26. The van der Waals surface area contributed by atoms with E-state index >= 15 is 0 Å². The largest absolute Gasteiger partial charge is 0.493 e. The van der Waals surface area contributed by atoms with E-state index in [4.69, 9.17) is 26.4 Å². The molecule has 1 aromatic heterocycles. The van der Waals surface area contributed by atoms with Crippen LogP contribution in [0.1, 0.15) is 35.1 Å². The van der Waals surface area contributed by atoms with E-state index in [1.54, 1.807) is 14.2 Å². The fraction of sp³-hybridized carbons (Fsp3) is 0.429. The molecule has 1 fully saturated rings. The molecular formula is C28H35N3O4S. The highest BCUT2D eigenvalue weighted by Crippen LogP contribution is 2.27. The highest BCUT2D eigenvalue weighted by Gasteiger charge is 2.22. The number of pyridine rings is 1. The average Bonchev–Trinajstić information content (AvgIpc) is 3.37. The van der Waals surface area contributed by atoms with E-state index < -0.39 is 0 Å². The second-order valence-electron chi connectivity index (χ2n) is 9.35. The molecule has 0 aliphatic carbocycles. The van der Waals surface area contributed by atoms with Crippen LogP contribution in [0.25, 0.3) is 10.9 Å².